The van der Waals surface area contributed by atoms with Crippen molar-refractivity contribution in [1.29, 1.82) is 0 Å². The third kappa shape index (κ3) is 10.5. The molecule has 5 heteroatoms. The second-order valence-electron chi connectivity index (χ2n) is 14.9. The molecular formula is C44H48GeIrN2Si-2. The Hall–Kier alpha value is -3.41. The molecule has 0 aliphatic rings. The van der Waals surface area contributed by atoms with Crippen LogP contribution in [0.2, 0.25) is 36.9 Å². The monoisotopic (exact) mass is 899 g/mol. The van der Waals surface area contributed by atoms with E-state index in [0.717, 1.165) is 28.9 Å². The normalized spacial score (nSPS) is 11.4. The molecule has 0 N–H and O–H groups in total. The van der Waals surface area contributed by atoms with Crippen LogP contribution >= 0.6 is 0 Å². The SMILES string of the molecule is CC(C)c1ccnc(-c2[c-]ccc(-c3ccccc3)c2)c1.C[Si](C)(C)c1ccc(-c2[c-]c[c]([Ge]([CH3])([CH3])[CH3])cc2Cc2ccccc2)nc1.[Ir]. The number of aromatic nitrogens is 2. The predicted molar refractivity (Wildman–Crippen MR) is 212 cm³/mol. The van der Waals surface area contributed by atoms with E-state index in [-0.39, 0.29) is 20.1 Å². The summed E-state index contributed by atoms with van der Waals surface area (Å²) in [6, 6.07) is 47.6. The van der Waals surface area contributed by atoms with E-state index in [0.29, 0.717) is 5.92 Å². The fourth-order valence-electron chi connectivity index (χ4n) is 5.53. The van der Waals surface area contributed by atoms with Crippen LogP contribution in [0.1, 0.15) is 36.5 Å². The van der Waals surface area contributed by atoms with Crippen molar-refractivity contribution < 1.29 is 20.1 Å². The standard InChI is InChI=1S/C24H30GeNSi.C20H18N.Ir/c1-25(2,3)21-12-14-23(20(17-21)16-19-10-8-7-9-11-19)24-15-13-22(18-26-24)27(4,5)6;1-15(2)17-11-12-21-20(14-17)19-10-6-9-18(13-19)16-7-4-3-5-8-16;/h7-13,15,17-18H,16H2,1-6H3;3-9,11-15H,1-2H3;/q2*-1;. The van der Waals surface area contributed by atoms with Crippen molar-refractivity contribution in [2.24, 2.45) is 0 Å². The molecule has 0 saturated carbocycles. The predicted octanol–water partition coefficient (Wildman–Crippen LogP) is 10.6. The molecule has 2 heterocycles. The Morgan fingerprint density at radius 2 is 1.41 bits per heavy atom. The van der Waals surface area contributed by atoms with Gasteiger partial charge in [0.2, 0.25) is 0 Å². The average molecular weight is 898 g/mol. The van der Waals surface area contributed by atoms with Crippen LogP contribution in [-0.4, -0.2) is 31.3 Å². The van der Waals surface area contributed by atoms with Crippen molar-refractivity contribution in [1.82, 2.24) is 9.97 Å². The third-order valence-electron chi connectivity index (χ3n) is 8.65. The van der Waals surface area contributed by atoms with Crippen LogP contribution in [0.25, 0.3) is 33.6 Å². The zero-order valence-corrected chi connectivity index (χ0v) is 35.6. The van der Waals surface area contributed by atoms with Crippen molar-refractivity contribution in [3.05, 3.63) is 156 Å². The maximum atomic E-state index is 4.83. The summed E-state index contributed by atoms with van der Waals surface area (Å²) >= 11 is -1.91. The fourth-order valence-corrected chi connectivity index (χ4v) is 8.90. The summed E-state index contributed by atoms with van der Waals surface area (Å²) in [4.78, 5) is 9.32. The maximum Gasteiger partial charge on any atom is 0 e. The molecule has 0 unspecified atom stereocenters. The van der Waals surface area contributed by atoms with Gasteiger partial charge in [-0.3, -0.25) is 0 Å². The van der Waals surface area contributed by atoms with Crippen molar-refractivity contribution in [3.8, 4) is 33.6 Å². The van der Waals surface area contributed by atoms with E-state index in [2.05, 4.69) is 177 Å². The molecule has 1 radical (unpaired) electrons. The topological polar surface area (TPSA) is 25.8 Å². The molecule has 2 nitrogen and oxygen atoms in total. The Morgan fingerprint density at radius 1 is 0.714 bits per heavy atom. The minimum atomic E-state index is -1.91. The number of rotatable bonds is 8. The van der Waals surface area contributed by atoms with Crippen LogP contribution in [0, 0.1) is 12.1 Å². The van der Waals surface area contributed by atoms with Crippen molar-refractivity contribution in [2.45, 2.75) is 63.1 Å². The molecule has 0 aliphatic heterocycles. The van der Waals surface area contributed by atoms with Crippen LogP contribution < -0.4 is 9.58 Å². The van der Waals surface area contributed by atoms with Gasteiger partial charge in [-0.05, 0) is 23.2 Å². The van der Waals surface area contributed by atoms with Gasteiger partial charge in [0.1, 0.15) is 0 Å². The van der Waals surface area contributed by atoms with E-state index in [1.165, 1.54) is 37.4 Å². The molecule has 0 fully saturated rings. The Bertz CT molecular complexity index is 1930. The van der Waals surface area contributed by atoms with Gasteiger partial charge in [-0.2, -0.15) is 0 Å². The number of hydrogen-bond donors (Lipinski definition) is 0. The maximum absolute atomic E-state index is 4.83. The van der Waals surface area contributed by atoms with Gasteiger partial charge in [0, 0.05) is 26.3 Å². The van der Waals surface area contributed by atoms with Gasteiger partial charge in [0.15, 0.2) is 0 Å². The first-order valence-electron chi connectivity index (χ1n) is 17.0. The van der Waals surface area contributed by atoms with Gasteiger partial charge in [0.05, 0.1) is 0 Å². The van der Waals surface area contributed by atoms with Crippen LogP contribution in [0.4, 0.5) is 0 Å². The van der Waals surface area contributed by atoms with Gasteiger partial charge in [-0.1, -0.05) is 55.8 Å². The van der Waals surface area contributed by atoms with Crippen LogP contribution in [-0.2, 0) is 26.5 Å². The quantitative estimate of drug-likeness (QED) is 0.112. The molecule has 2 aromatic heterocycles. The zero-order valence-electron chi connectivity index (χ0n) is 30.1. The van der Waals surface area contributed by atoms with E-state index in [9.17, 15) is 0 Å². The minimum absolute atomic E-state index is 0. The molecule has 0 spiro atoms. The molecule has 0 atom stereocenters. The summed E-state index contributed by atoms with van der Waals surface area (Å²) in [5.41, 5.74) is 10.6. The van der Waals surface area contributed by atoms with Gasteiger partial charge in [-0.15, -0.1) is 35.4 Å². The molecule has 0 aliphatic carbocycles. The molecule has 0 amide bonds. The summed E-state index contributed by atoms with van der Waals surface area (Å²) in [5.74, 6) is 7.83. The van der Waals surface area contributed by atoms with Crippen molar-refractivity contribution in [2.75, 3.05) is 0 Å². The molecule has 0 bridgehead atoms. The summed E-state index contributed by atoms with van der Waals surface area (Å²) in [7, 11) is -1.33. The first-order chi connectivity index (χ1) is 22.9. The van der Waals surface area contributed by atoms with Crippen molar-refractivity contribution in [3.63, 3.8) is 0 Å². The van der Waals surface area contributed by atoms with Gasteiger partial charge < -0.3 is 4.98 Å². The smallest absolute Gasteiger partial charge is 0 e. The Kier molecular flexibility index (Phi) is 13.3. The number of pyridine rings is 2. The molecular weight excluding hydrogens is 849 g/mol. The summed E-state index contributed by atoms with van der Waals surface area (Å²) in [6.07, 6.45) is 4.89. The van der Waals surface area contributed by atoms with Crippen LogP contribution in [0.3, 0.4) is 0 Å². The van der Waals surface area contributed by atoms with Gasteiger partial charge in [-0.25, -0.2) is 0 Å². The summed E-state index contributed by atoms with van der Waals surface area (Å²) in [6.45, 7) is 11.5. The molecule has 253 valence electrons. The number of hydrogen-bond acceptors (Lipinski definition) is 2. The number of benzene rings is 4. The van der Waals surface area contributed by atoms with E-state index < -0.39 is 21.3 Å². The first-order valence-corrected chi connectivity index (χ1v) is 27.8. The largest absolute Gasteiger partial charge is 0 e. The molecule has 49 heavy (non-hydrogen) atoms. The first kappa shape index (κ1) is 38.4. The summed E-state index contributed by atoms with van der Waals surface area (Å²) < 4.78 is 1.50. The van der Waals surface area contributed by atoms with Gasteiger partial charge >= 0.3 is 168 Å². The molecule has 0 saturated heterocycles. The van der Waals surface area contributed by atoms with E-state index in [1.54, 1.807) is 0 Å². The molecule has 6 rings (SSSR count). The van der Waals surface area contributed by atoms with Crippen LogP contribution in [0.15, 0.2) is 128 Å². The Labute approximate surface area is 312 Å². The van der Waals surface area contributed by atoms with E-state index in [4.69, 9.17) is 4.98 Å². The fraction of sp³-hybridized carbons (Fsp3) is 0.227. The molecule has 6 aromatic rings. The molecule has 4 aromatic carbocycles. The third-order valence-corrected chi connectivity index (χ3v) is 14.9. The average Bonchev–Trinajstić information content (AvgIpc) is 3.09. The number of nitrogens with zero attached hydrogens (tertiary/aromatic N) is 2. The van der Waals surface area contributed by atoms with Crippen LogP contribution in [0.5, 0.6) is 0 Å². The summed E-state index contributed by atoms with van der Waals surface area (Å²) in [5, 5.41) is 1.40. The van der Waals surface area contributed by atoms with E-state index >= 15 is 0 Å². The Morgan fingerprint density at radius 3 is 2.02 bits per heavy atom. The Balaban J connectivity index is 0.000000223. The second-order valence-corrected chi connectivity index (χ2v) is 30.6. The van der Waals surface area contributed by atoms with E-state index in [1.807, 2.05) is 18.3 Å². The zero-order chi connectivity index (χ0) is 34.3. The van der Waals surface area contributed by atoms with Crippen molar-refractivity contribution >= 4 is 30.9 Å². The minimum Gasteiger partial charge on any atom is 0 e. The second kappa shape index (κ2) is 17.0. The van der Waals surface area contributed by atoms with Gasteiger partial charge in [0.25, 0.3) is 0 Å².